The van der Waals surface area contributed by atoms with Gasteiger partial charge in [0.2, 0.25) is 5.91 Å². The Labute approximate surface area is 241 Å². The number of hydrogen-bond donors (Lipinski definition) is 1. The van der Waals surface area contributed by atoms with Crippen molar-refractivity contribution in [1.29, 1.82) is 0 Å². The molecule has 3 aromatic carbocycles. The van der Waals surface area contributed by atoms with Crippen molar-refractivity contribution in [3.63, 3.8) is 0 Å². The molecule has 0 atom stereocenters. The molecule has 3 aromatic rings. The molecular weight excluding hydrogens is 553 g/mol. The molecule has 8 nitrogen and oxygen atoms in total. The maximum absolute atomic E-state index is 13.5. The summed E-state index contributed by atoms with van der Waals surface area (Å²) in [6.45, 7) is 4.84. The van der Waals surface area contributed by atoms with E-state index in [0.717, 1.165) is 6.07 Å². The van der Waals surface area contributed by atoms with E-state index in [1.165, 1.54) is 48.4 Å². The van der Waals surface area contributed by atoms with Crippen LogP contribution in [-0.2, 0) is 33.5 Å². The maximum Gasteiger partial charge on any atom is 0.416 e. The third kappa shape index (κ3) is 9.18. The Bertz CT molecular complexity index is 1430. The first-order valence-corrected chi connectivity index (χ1v) is 12.9. The minimum atomic E-state index is -4.67. The summed E-state index contributed by atoms with van der Waals surface area (Å²) in [6, 6.07) is 15.7. The molecule has 0 spiro atoms. The fraction of sp³-hybridized carbons (Fsp3) is 0.290. The van der Waals surface area contributed by atoms with Gasteiger partial charge in [0, 0.05) is 23.4 Å². The van der Waals surface area contributed by atoms with Crippen molar-refractivity contribution in [3.8, 4) is 5.75 Å². The SMILES string of the molecule is COc1ccc(CC(=O)Nc2ccc(C(=O)N(CC(=O)OC(C)(C)C)Cc3ccc(C=O)cc3)cc2)c(C(F)(F)F)c1. The molecule has 0 aliphatic carbocycles. The monoisotopic (exact) mass is 584 g/mol. The first-order chi connectivity index (χ1) is 19.7. The van der Waals surface area contributed by atoms with Crippen molar-refractivity contribution in [3.05, 3.63) is 94.5 Å². The predicted octanol–water partition coefficient (Wildman–Crippen LogP) is 5.69. The maximum atomic E-state index is 13.5. The van der Waals surface area contributed by atoms with Crippen molar-refractivity contribution in [1.82, 2.24) is 4.90 Å². The fourth-order valence-corrected chi connectivity index (χ4v) is 4.01. The molecule has 3 rings (SSSR count). The molecule has 0 aliphatic heterocycles. The van der Waals surface area contributed by atoms with E-state index in [-0.39, 0.29) is 35.7 Å². The molecule has 0 saturated carbocycles. The zero-order chi connectivity index (χ0) is 31.1. The number of methoxy groups -OCH3 is 1. The van der Waals surface area contributed by atoms with Gasteiger partial charge in [-0.1, -0.05) is 30.3 Å². The zero-order valence-electron chi connectivity index (χ0n) is 23.6. The molecule has 0 heterocycles. The molecule has 2 amide bonds. The van der Waals surface area contributed by atoms with Gasteiger partial charge < -0.3 is 19.7 Å². The number of carbonyl (C=O) groups excluding carboxylic acids is 4. The molecule has 0 saturated heterocycles. The van der Waals surface area contributed by atoms with Crippen LogP contribution in [0.3, 0.4) is 0 Å². The minimum absolute atomic E-state index is 0.0189. The number of alkyl halides is 3. The van der Waals surface area contributed by atoms with Gasteiger partial charge in [-0.15, -0.1) is 0 Å². The van der Waals surface area contributed by atoms with E-state index in [1.807, 2.05) is 0 Å². The lowest BCUT2D eigenvalue weighted by Gasteiger charge is -2.25. The summed E-state index contributed by atoms with van der Waals surface area (Å²) in [6.07, 6.45) is -4.51. The van der Waals surface area contributed by atoms with Crippen LogP contribution in [0.15, 0.2) is 66.7 Å². The number of nitrogens with one attached hydrogen (secondary N) is 1. The van der Waals surface area contributed by atoms with Gasteiger partial charge in [-0.05, 0) is 68.3 Å². The van der Waals surface area contributed by atoms with E-state index in [1.54, 1.807) is 45.0 Å². The summed E-state index contributed by atoms with van der Waals surface area (Å²) in [5, 5.41) is 2.54. The summed E-state index contributed by atoms with van der Waals surface area (Å²) < 4.78 is 50.7. The summed E-state index contributed by atoms with van der Waals surface area (Å²) in [5.74, 6) is -1.77. The van der Waals surface area contributed by atoms with Crippen LogP contribution in [-0.4, -0.2) is 48.2 Å². The lowest BCUT2D eigenvalue weighted by atomic mass is 10.0. The standard InChI is InChI=1S/C31H31F3N2O6/c1-30(2,3)42-28(39)18-36(17-20-5-7-21(19-37)8-6-20)29(40)22-9-12-24(13-10-22)35-27(38)15-23-11-14-25(41-4)16-26(23)31(32,33)34/h5-14,16,19H,15,17-18H2,1-4H3,(H,35,38). The molecule has 11 heteroatoms. The Morgan fingerprint density at radius 1 is 0.929 bits per heavy atom. The second-order valence-corrected chi connectivity index (χ2v) is 10.4. The number of amides is 2. The third-order valence-electron chi connectivity index (χ3n) is 5.91. The van der Waals surface area contributed by atoms with Crippen LogP contribution >= 0.6 is 0 Å². The third-order valence-corrected chi connectivity index (χ3v) is 5.91. The van der Waals surface area contributed by atoms with E-state index in [9.17, 15) is 32.3 Å². The normalized spacial score (nSPS) is 11.4. The Morgan fingerprint density at radius 2 is 1.57 bits per heavy atom. The molecule has 0 aromatic heterocycles. The van der Waals surface area contributed by atoms with Crippen LogP contribution in [0.1, 0.15) is 58.2 Å². The summed E-state index contributed by atoms with van der Waals surface area (Å²) >= 11 is 0. The molecule has 222 valence electrons. The first-order valence-electron chi connectivity index (χ1n) is 12.9. The number of aldehydes is 1. The molecule has 0 radical (unpaired) electrons. The van der Waals surface area contributed by atoms with E-state index in [2.05, 4.69) is 5.32 Å². The Morgan fingerprint density at radius 3 is 2.12 bits per heavy atom. The topological polar surface area (TPSA) is 102 Å². The highest BCUT2D eigenvalue weighted by molar-refractivity contribution is 5.97. The van der Waals surface area contributed by atoms with Gasteiger partial charge in [0.25, 0.3) is 5.91 Å². The van der Waals surface area contributed by atoms with Gasteiger partial charge >= 0.3 is 12.1 Å². The van der Waals surface area contributed by atoms with Crippen LogP contribution < -0.4 is 10.1 Å². The summed E-state index contributed by atoms with van der Waals surface area (Å²) in [5.41, 5.74) is -0.335. The largest absolute Gasteiger partial charge is 0.497 e. The average molecular weight is 585 g/mol. The van der Waals surface area contributed by atoms with Gasteiger partial charge in [0.15, 0.2) is 0 Å². The number of benzene rings is 3. The molecule has 1 N–H and O–H groups in total. The van der Waals surface area contributed by atoms with Crippen LogP contribution in [0.5, 0.6) is 5.75 Å². The predicted molar refractivity (Wildman–Crippen MR) is 149 cm³/mol. The highest BCUT2D eigenvalue weighted by atomic mass is 19.4. The first kappa shape index (κ1) is 31.9. The van der Waals surface area contributed by atoms with Crippen molar-refractivity contribution in [2.24, 2.45) is 0 Å². The van der Waals surface area contributed by atoms with Gasteiger partial charge in [-0.25, -0.2) is 0 Å². The number of hydrogen-bond acceptors (Lipinski definition) is 6. The number of nitrogens with zero attached hydrogens (tertiary/aromatic N) is 1. The van der Waals surface area contributed by atoms with Crippen molar-refractivity contribution >= 4 is 29.8 Å². The number of anilines is 1. The number of carbonyl (C=O) groups is 4. The molecule has 0 unspecified atom stereocenters. The summed E-state index contributed by atoms with van der Waals surface area (Å²) in [4.78, 5) is 50.8. The molecule has 42 heavy (non-hydrogen) atoms. The number of esters is 1. The van der Waals surface area contributed by atoms with Crippen molar-refractivity contribution < 1.29 is 41.8 Å². The van der Waals surface area contributed by atoms with Crippen molar-refractivity contribution in [2.45, 2.75) is 45.5 Å². The second kappa shape index (κ2) is 13.3. The van der Waals surface area contributed by atoms with Gasteiger partial charge in [-0.2, -0.15) is 13.2 Å². The van der Waals surface area contributed by atoms with E-state index < -0.39 is 41.5 Å². The van der Waals surface area contributed by atoms with Gasteiger partial charge in [-0.3, -0.25) is 19.2 Å². The zero-order valence-corrected chi connectivity index (χ0v) is 23.6. The van der Waals surface area contributed by atoms with E-state index in [4.69, 9.17) is 9.47 Å². The Kier molecular flexibility index (Phi) is 10.1. The van der Waals surface area contributed by atoms with Crippen LogP contribution in [0.4, 0.5) is 18.9 Å². The average Bonchev–Trinajstić information content (AvgIpc) is 2.91. The molecule has 0 aliphatic rings. The second-order valence-electron chi connectivity index (χ2n) is 10.4. The quantitative estimate of drug-likeness (QED) is 0.243. The molecular formula is C31H31F3N2O6. The Hall–Kier alpha value is -4.67. The number of rotatable bonds is 10. The van der Waals surface area contributed by atoms with Crippen LogP contribution in [0.2, 0.25) is 0 Å². The molecule has 0 bridgehead atoms. The van der Waals surface area contributed by atoms with Crippen LogP contribution in [0, 0.1) is 0 Å². The highest BCUT2D eigenvalue weighted by Gasteiger charge is 2.34. The lowest BCUT2D eigenvalue weighted by Crippen LogP contribution is -2.38. The molecule has 0 fully saturated rings. The lowest BCUT2D eigenvalue weighted by molar-refractivity contribution is -0.155. The smallest absolute Gasteiger partial charge is 0.416 e. The van der Waals surface area contributed by atoms with Gasteiger partial charge in [0.1, 0.15) is 24.2 Å². The van der Waals surface area contributed by atoms with Crippen LogP contribution in [0.25, 0.3) is 0 Å². The van der Waals surface area contributed by atoms with E-state index >= 15 is 0 Å². The van der Waals surface area contributed by atoms with Gasteiger partial charge in [0.05, 0.1) is 19.1 Å². The minimum Gasteiger partial charge on any atom is -0.497 e. The van der Waals surface area contributed by atoms with E-state index in [0.29, 0.717) is 17.4 Å². The highest BCUT2D eigenvalue weighted by Crippen LogP contribution is 2.34. The summed E-state index contributed by atoms with van der Waals surface area (Å²) in [7, 11) is 1.25. The fourth-order valence-electron chi connectivity index (χ4n) is 4.01. The number of halogens is 3. The van der Waals surface area contributed by atoms with Crippen molar-refractivity contribution in [2.75, 3.05) is 19.0 Å². The number of ether oxygens (including phenoxy) is 2. The Balaban J connectivity index is 1.75.